The number of fused-ring (bicyclic) bond motifs is 1. The van der Waals surface area contributed by atoms with Crippen LogP contribution < -0.4 is 10.5 Å². The molecule has 3 N–H and O–H groups in total. The van der Waals surface area contributed by atoms with Crippen LogP contribution in [-0.2, 0) is 30.8 Å². The van der Waals surface area contributed by atoms with Crippen molar-refractivity contribution in [3.63, 3.8) is 0 Å². The van der Waals surface area contributed by atoms with E-state index >= 15 is 0 Å². The summed E-state index contributed by atoms with van der Waals surface area (Å²) < 4.78 is 57.5. The lowest BCUT2D eigenvalue weighted by Crippen LogP contribution is -2.56. The number of piperazine rings is 1. The summed E-state index contributed by atoms with van der Waals surface area (Å²) >= 11 is 0. The fourth-order valence-corrected chi connectivity index (χ4v) is 6.00. The molecule has 0 unspecified atom stereocenters. The van der Waals surface area contributed by atoms with Crippen LogP contribution in [0.3, 0.4) is 0 Å². The summed E-state index contributed by atoms with van der Waals surface area (Å²) in [5.41, 5.74) is 6.85. The molecule has 1 aromatic carbocycles. The zero-order valence-corrected chi connectivity index (χ0v) is 27.9. The lowest BCUT2D eigenvalue weighted by molar-refractivity contribution is -0.135. The van der Waals surface area contributed by atoms with Crippen LogP contribution in [0.5, 0.6) is 5.75 Å². The van der Waals surface area contributed by atoms with Gasteiger partial charge in [-0.05, 0) is 24.8 Å². The minimum atomic E-state index is -1.04. The predicted molar refractivity (Wildman–Crippen MR) is 173 cm³/mol. The number of nitrogens with two attached hydrogens (primary N) is 1. The van der Waals surface area contributed by atoms with Gasteiger partial charge >= 0.3 is 0 Å². The van der Waals surface area contributed by atoms with Crippen LogP contribution in [0.25, 0.3) is 10.9 Å². The number of aliphatic hydroxyl groups excluding tert-OH is 1. The van der Waals surface area contributed by atoms with Gasteiger partial charge in [-0.1, -0.05) is 19.3 Å². The lowest BCUT2D eigenvalue weighted by Gasteiger charge is -2.37. The van der Waals surface area contributed by atoms with Gasteiger partial charge in [0.2, 0.25) is 5.91 Å². The molecule has 2 aromatic rings. The molecule has 15 heteroatoms. The van der Waals surface area contributed by atoms with Crippen molar-refractivity contribution in [2.45, 2.75) is 38.1 Å². The Bertz CT molecular complexity index is 1270. The molecule has 266 valence electrons. The lowest BCUT2D eigenvalue weighted by atomic mass is 9.83. The zero-order valence-electron chi connectivity index (χ0n) is 27.1. The van der Waals surface area contributed by atoms with Gasteiger partial charge in [0.1, 0.15) is 6.61 Å². The first-order valence-electron chi connectivity index (χ1n) is 16.2. The fraction of sp³-hybridized carbons (Fsp3) is 0.688. The van der Waals surface area contributed by atoms with Gasteiger partial charge in [-0.15, -0.1) is 12.4 Å². The second kappa shape index (κ2) is 20.0. The summed E-state index contributed by atoms with van der Waals surface area (Å²) in [6.07, 6.45) is 5.31. The number of benzene rings is 1. The Labute approximate surface area is 280 Å². The summed E-state index contributed by atoms with van der Waals surface area (Å²) in [6, 6.07) is 1.56. The van der Waals surface area contributed by atoms with E-state index in [1.807, 2.05) is 0 Å². The van der Waals surface area contributed by atoms with E-state index in [0.717, 1.165) is 37.8 Å². The third-order valence-electron chi connectivity index (χ3n) is 8.54. The van der Waals surface area contributed by atoms with E-state index < -0.39 is 17.7 Å². The largest absolute Gasteiger partial charge is 0.488 e. The average Bonchev–Trinajstić information content (AvgIpc) is 3.33. The Morgan fingerprint density at radius 2 is 1.34 bits per heavy atom. The number of aromatic nitrogens is 1. The predicted octanol–water partition coefficient (Wildman–Crippen LogP) is 2.51. The Morgan fingerprint density at radius 1 is 0.830 bits per heavy atom. The van der Waals surface area contributed by atoms with Crippen molar-refractivity contribution in [2.75, 3.05) is 92.2 Å². The van der Waals surface area contributed by atoms with E-state index in [4.69, 9.17) is 34.5 Å². The van der Waals surface area contributed by atoms with E-state index in [2.05, 4.69) is 0 Å². The summed E-state index contributed by atoms with van der Waals surface area (Å²) in [6.45, 7) is 4.08. The maximum Gasteiger partial charge on any atom is 0.274 e. The monoisotopic (exact) mass is 690 g/mol. The molecule has 2 fully saturated rings. The molecule has 1 aromatic heterocycles. The van der Waals surface area contributed by atoms with Gasteiger partial charge in [0.05, 0.1) is 71.0 Å². The van der Waals surface area contributed by atoms with E-state index in [9.17, 15) is 18.4 Å². The number of halogens is 3. The summed E-state index contributed by atoms with van der Waals surface area (Å²) in [7, 11) is 1.61. The molecular formula is C32H49ClF2N4O8. The van der Waals surface area contributed by atoms with E-state index in [1.54, 1.807) is 16.8 Å². The molecule has 1 aliphatic heterocycles. The van der Waals surface area contributed by atoms with Crippen LogP contribution in [0.1, 0.15) is 42.6 Å². The molecule has 2 amide bonds. The van der Waals surface area contributed by atoms with Gasteiger partial charge in [0.25, 0.3) is 5.91 Å². The number of ether oxygens (including phenoxy) is 5. The smallest absolute Gasteiger partial charge is 0.274 e. The Balaban J connectivity index is 0.00000600. The highest BCUT2D eigenvalue weighted by Crippen LogP contribution is 2.35. The van der Waals surface area contributed by atoms with Crippen molar-refractivity contribution in [3.8, 4) is 5.75 Å². The van der Waals surface area contributed by atoms with Gasteiger partial charge in [-0.25, -0.2) is 8.78 Å². The van der Waals surface area contributed by atoms with Crippen LogP contribution in [0, 0.1) is 17.6 Å². The van der Waals surface area contributed by atoms with Crippen LogP contribution in [0.15, 0.2) is 12.1 Å². The molecule has 1 aliphatic carbocycles. The molecule has 2 aliphatic rings. The Morgan fingerprint density at radius 3 is 1.91 bits per heavy atom. The Kier molecular flexibility index (Phi) is 16.6. The number of carbonyl (C=O) groups excluding carboxylic acids is 2. The maximum absolute atomic E-state index is 14.3. The Hall–Kier alpha value is -2.59. The maximum atomic E-state index is 14.3. The fourth-order valence-electron chi connectivity index (χ4n) is 6.00. The van der Waals surface area contributed by atoms with Gasteiger partial charge in [-0.3, -0.25) is 9.59 Å². The molecular weight excluding hydrogens is 642 g/mol. The minimum absolute atomic E-state index is 0. The van der Waals surface area contributed by atoms with Crippen molar-refractivity contribution >= 4 is 35.1 Å². The third kappa shape index (κ3) is 10.7. The van der Waals surface area contributed by atoms with Crippen LogP contribution >= 0.6 is 12.4 Å². The van der Waals surface area contributed by atoms with Gasteiger partial charge in [0.15, 0.2) is 23.1 Å². The van der Waals surface area contributed by atoms with E-state index in [1.165, 1.54) is 11.0 Å². The number of aryl methyl sites for hydroxylation is 1. The van der Waals surface area contributed by atoms with Crippen molar-refractivity contribution < 1.29 is 47.2 Å². The number of hydrogen-bond donors (Lipinski definition) is 2. The SMILES string of the molecule is Cl.Cn1c(C(=O)N2CCN(C(=O)[C@@H](N)C3CCCCC3)CC2)c(OCCOCCOCCOCCOCCO)c2cc(F)c(F)cc21. The topological polar surface area (TPSA) is 138 Å². The molecule has 0 radical (unpaired) electrons. The first-order valence-corrected chi connectivity index (χ1v) is 16.2. The number of nitrogens with zero attached hydrogens (tertiary/aromatic N) is 3. The molecule has 0 spiro atoms. The van der Waals surface area contributed by atoms with E-state index in [0.29, 0.717) is 71.3 Å². The standard InChI is InChI=1S/C32H48F2N4O8.ClH/c1-36-27-22-26(34)25(33)21-24(27)30(46-20-19-45-18-17-44-16-15-43-14-13-42-12-11-39)29(36)32(41)38-9-7-37(8-10-38)31(40)28(35)23-5-3-2-4-6-23;/h21-23,28,39H,2-20,35H2,1H3;1H/t28-;/m0./s1. The molecule has 0 bridgehead atoms. The van der Waals surface area contributed by atoms with E-state index in [-0.39, 0.29) is 73.4 Å². The molecule has 1 saturated heterocycles. The molecule has 12 nitrogen and oxygen atoms in total. The van der Waals surface area contributed by atoms with Crippen molar-refractivity contribution in [3.05, 3.63) is 29.5 Å². The zero-order chi connectivity index (χ0) is 32.9. The van der Waals surface area contributed by atoms with Crippen molar-refractivity contribution in [1.29, 1.82) is 0 Å². The molecule has 4 rings (SSSR count). The number of carbonyl (C=O) groups is 2. The normalized spacial score (nSPS) is 16.4. The third-order valence-corrected chi connectivity index (χ3v) is 8.54. The van der Waals surface area contributed by atoms with Crippen molar-refractivity contribution in [1.82, 2.24) is 14.4 Å². The minimum Gasteiger partial charge on any atom is -0.488 e. The second-order valence-corrected chi connectivity index (χ2v) is 11.6. The first-order chi connectivity index (χ1) is 22.3. The highest BCUT2D eigenvalue weighted by atomic mass is 35.5. The first kappa shape index (κ1) is 38.9. The number of amides is 2. The molecule has 1 atom stereocenters. The summed E-state index contributed by atoms with van der Waals surface area (Å²) in [4.78, 5) is 30.3. The molecule has 47 heavy (non-hydrogen) atoms. The summed E-state index contributed by atoms with van der Waals surface area (Å²) in [5, 5.41) is 8.93. The van der Waals surface area contributed by atoms with Gasteiger partial charge < -0.3 is 48.9 Å². The number of rotatable bonds is 18. The van der Waals surface area contributed by atoms with Crippen molar-refractivity contribution in [2.24, 2.45) is 18.7 Å². The summed E-state index contributed by atoms with van der Waals surface area (Å²) in [5.74, 6) is -2.14. The van der Waals surface area contributed by atoms with Crippen LogP contribution in [-0.4, -0.2) is 130 Å². The highest BCUT2D eigenvalue weighted by Gasteiger charge is 2.34. The number of aliphatic hydroxyl groups is 1. The van der Waals surface area contributed by atoms with Gasteiger partial charge in [-0.2, -0.15) is 0 Å². The molecule has 2 heterocycles. The van der Waals surface area contributed by atoms with Crippen LogP contribution in [0.4, 0.5) is 8.78 Å². The second-order valence-electron chi connectivity index (χ2n) is 11.6. The number of hydrogen-bond acceptors (Lipinski definition) is 9. The molecule has 1 saturated carbocycles. The quantitative estimate of drug-likeness (QED) is 0.226. The average molecular weight is 691 g/mol. The highest BCUT2D eigenvalue weighted by molar-refractivity contribution is 6.04. The van der Waals surface area contributed by atoms with Gasteiger partial charge in [0, 0.05) is 44.7 Å². The van der Waals surface area contributed by atoms with Crippen LogP contribution in [0.2, 0.25) is 0 Å².